The highest BCUT2D eigenvalue weighted by Gasteiger charge is 2.33. The monoisotopic (exact) mass is 494 g/mol. The van der Waals surface area contributed by atoms with Crippen LogP contribution in [-0.4, -0.2) is 38.6 Å². The topological polar surface area (TPSA) is 67.2 Å². The largest absolute Gasteiger partial charge is 0.329 e. The zero-order valence-corrected chi connectivity index (χ0v) is 20.4. The summed E-state index contributed by atoms with van der Waals surface area (Å²) in [7, 11) is 1.90. The minimum absolute atomic E-state index is 0.00784. The molecule has 2 amide bonds. The first-order valence-corrected chi connectivity index (χ1v) is 13.3. The van der Waals surface area contributed by atoms with Crippen molar-refractivity contribution in [1.82, 2.24) is 14.5 Å². The first kappa shape index (κ1) is 21.9. The molecule has 0 spiro atoms. The van der Waals surface area contributed by atoms with Crippen LogP contribution in [-0.2, 0) is 18.3 Å². The minimum atomic E-state index is -0.110. The molecule has 9 heteroatoms. The molecule has 0 unspecified atom stereocenters. The van der Waals surface area contributed by atoms with Crippen LogP contribution in [0.3, 0.4) is 0 Å². The quantitative estimate of drug-likeness (QED) is 0.381. The summed E-state index contributed by atoms with van der Waals surface area (Å²) < 4.78 is 1.88. The van der Waals surface area contributed by atoms with Gasteiger partial charge in [0, 0.05) is 47.0 Å². The Morgan fingerprint density at radius 1 is 1.15 bits per heavy atom. The number of nitrogens with zero attached hydrogens (tertiary/aromatic N) is 3. The van der Waals surface area contributed by atoms with Crippen molar-refractivity contribution < 1.29 is 9.59 Å². The first-order valence-electron chi connectivity index (χ1n) is 10.5. The molecule has 0 saturated heterocycles. The Morgan fingerprint density at radius 3 is 2.73 bits per heavy atom. The number of aromatic nitrogens is 2. The Labute approximate surface area is 204 Å². The van der Waals surface area contributed by atoms with E-state index in [1.165, 1.54) is 27.1 Å². The molecule has 1 atom stereocenters. The lowest BCUT2D eigenvalue weighted by molar-refractivity contribution is -0.113. The Bertz CT molecular complexity index is 1260. The van der Waals surface area contributed by atoms with E-state index in [-0.39, 0.29) is 23.6 Å². The van der Waals surface area contributed by atoms with E-state index >= 15 is 0 Å². The number of carbonyl (C=O) groups is 2. The van der Waals surface area contributed by atoms with Crippen LogP contribution in [0.25, 0.3) is 0 Å². The van der Waals surface area contributed by atoms with E-state index in [1.807, 2.05) is 28.8 Å². The predicted molar refractivity (Wildman–Crippen MR) is 134 cm³/mol. The van der Waals surface area contributed by atoms with Crippen LogP contribution in [0.1, 0.15) is 31.7 Å². The fourth-order valence-corrected chi connectivity index (χ4v) is 6.46. The van der Waals surface area contributed by atoms with E-state index in [1.54, 1.807) is 53.1 Å². The third kappa shape index (κ3) is 4.62. The van der Waals surface area contributed by atoms with Gasteiger partial charge in [-0.05, 0) is 59.1 Å². The summed E-state index contributed by atoms with van der Waals surface area (Å²) in [5, 5.41) is 7.86. The number of benzene rings is 1. The standard InChI is InChI=1S/C24H22N4O2S3/c1-27-12-10-25-24(27)33-15-21(29)26-17-6-4-16(5-7-17)23(30)28-11-8-19-18(9-14-32-19)22(28)20-3-2-13-31-20/h2-7,9-10,12-14,22H,8,11,15H2,1H3,(H,26,29)/t22-/m1/s1. The van der Waals surface area contributed by atoms with Gasteiger partial charge in [0.25, 0.3) is 5.91 Å². The number of hydrogen-bond acceptors (Lipinski definition) is 6. The second kappa shape index (κ2) is 9.54. The van der Waals surface area contributed by atoms with Gasteiger partial charge in [0.05, 0.1) is 11.8 Å². The molecule has 0 fully saturated rings. The number of imidazole rings is 1. The van der Waals surface area contributed by atoms with Crippen LogP contribution in [0.4, 0.5) is 5.69 Å². The highest BCUT2D eigenvalue weighted by atomic mass is 32.2. The van der Waals surface area contributed by atoms with Gasteiger partial charge in [-0.3, -0.25) is 9.59 Å². The molecule has 1 aromatic carbocycles. The van der Waals surface area contributed by atoms with Gasteiger partial charge in [-0.2, -0.15) is 0 Å². The predicted octanol–water partition coefficient (Wildman–Crippen LogP) is 5.06. The zero-order chi connectivity index (χ0) is 22.8. The molecule has 6 nitrogen and oxygen atoms in total. The number of rotatable bonds is 6. The van der Waals surface area contributed by atoms with Crippen LogP contribution in [0.15, 0.2) is 70.8 Å². The number of thiophene rings is 2. The summed E-state index contributed by atoms with van der Waals surface area (Å²) in [6.45, 7) is 0.692. The highest BCUT2D eigenvalue weighted by molar-refractivity contribution is 7.99. The number of aryl methyl sites for hydroxylation is 1. The molecular weight excluding hydrogens is 472 g/mol. The van der Waals surface area contributed by atoms with Gasteiger partial charge in [0.1, 0.15) is 0 Å². The Kier molecular flexibility index (Phi) is 6.34. The summed E-state index contributed by atoms with van der Waals surface area (Å²) in [6.07, 6.45) is 4.43. The number of thioether (sulfide) groups is 1. The third-order valence-corrected chi connectivity index (χ3v) is 8.54. The van der Waals surface area contributed by atoms with Gasteiger partial charge >= 0.3 is 0 Å². The molecule has 0 saturated carbocycles. The molecule has 1 aliphatic rings. The first-order chi connectivity index (χ1) is 16.1. The van der Waals surface area contributed by atoms with Crippen molar-refractivity contribution in [2.75, 3.05) is 17.6 Å². The molecule has 0 radical (unpaired) electrons. The number of hydrogen-bond donors (Lipinski definition) is 1. The van der Waals surface area contributed by atoms with E-state index in [0.717, 1.165) is 11.6 Å². The maximum absolute atomic E-state index is 13.5. The molecule has 5 rings (SSSR count). The van der Waals surface area contributed by atoms with E-state index in [9.17, 15) is 9.59 Å². The van der Waals surface area contributed by atoms with E-state index in [0.29, 0.717) is 17.8 Å². The lowest BCUT2D eigenvalue weighted by atomic mass is 9.97. The summed E-state index contributed by atoms with van der Waals surface area (Å²) in [5.74, 6) is 0.166. The number of amides is 2. The Balaban J connectivity index is 1.27. The van der Waals surface area contributed by atoms with Crippen molar-refractivity contribution in [3.05, 3.63) is 86.5 Å². The molecular formula is C24H22N4O2S3. The van der Waals surface area contributed by atoms with Gasteiger partial charge in [0.2, 0.25) is 5.91 Å². The van der Waals surface area contributed by atoms with Crippen molar-refractivity contribution in [2.24, 2.45) is 7.05 Å². The molecule has 0 bridgehead atoms. The van der Waals surface area contributed by atoms with E-state index < -0.39 is 0 Å². The molecule has 0 aliphatic carbocycles. The smallest absolute Gasteiger partial charge is 0.254 e. The van der Waals surface area contributed by atoms with Crippen LogP contribution >= 0.6 is 34.4 Å². The van der Waals surface area contributed by atoms with Gasteiger partial charge < -0.3 is 14.8 Å². The van der Waals surface area contributed by atoms with Crippen molar-refractivity contribution in [3.63, 3.8) is 0 Å². The molecule has 168 valence electrons. The van der Waals surface area contributed by atoms with Gasteiger partial charge in [-0.1, -0.05) is 17.8 Å². The van der Waals surface area contributed by atoms with Crippen LogP contribution < -0.4 is 5.32 Å². The Morgan fingerprint density at radius 2 is 2.00 bits per heavy atom. The fourth-order valence-electron chi connectivity index (χ4n) is 3.97. The molecule has 4 aromatic rings. The van der Waals surface area contributed by atoms with Gasteiger partial charge in [0.15, 0.2) is 5.16 Å². The summed E-state index contributed by atoms with van der Waals surface area (Å²) in [5.41, 5.74) is 2.53. The number of carbonyl (C=O) groups excluding carboxylic acids is 2. The lowest BCUT2D eigenvalue weighted by Gasteiger charge is -2.35. The maximum atomic E-state index is 13.5. The SMILES string of the molecule is Cn1ccnc1SCC(=O)Nc1ccc(C(=O)N2CCc3sccc3[C@@H]2c2cccs2)cc1. The molecule has 3 aromatic heterocycles. The fraction of sp³-hybridized carbons (Fsp3) is 0.208. The van der Waals surface area contributed by atoms with Crippen LogP contribution in [0, 0.1) is 0 Å². The van der Waals surface area contributed by atoms with Crippen molar-refractivity contribution >= 4 is 51.9 Å². The van der Waals surface area contributed by atoms with Gasteiger partial charge in [-0.15, -0.1) is 22.7 Å². The van der Waals surface area contributed by atoms with Crippen LogP contribution in [0.5, 0.6) is 0 Å². The van der Waals surface area contributed by atoms with E-state index in [4.69, 9.17) is 0 Å². The average Bonchev–Trinajstić information content (AvgIpc) is 3.59. The molecule has 1 aliphatic heterocycles. The summed E-state index contributed by atoms with van der Waals surface area (Å²) >= 11 is 4.83. The van der Waals surface area contributed by atoms with Gasteiger partial charge in [-0.25, -0.2) is 4.98 Å². The summed E-state index contributed by atoms with van der Waals surface area (Å²) in [6, 6.07) is 13.4. The second-order valence-corrected chi connectivity index (χ2v) is 10.6. The highest BCUT2D eigenvalue weighted by Crippen LogP contribution is 2.40. The maximum Gasteiger partial charge on any atom is 0.254 e. The molecule has 33 heavy (non-hydrogen) atoms. The van der Waals surface area contributed by atoms with Crippen molar-refractivity contribution in [1.29, 1.82) is 0 Å². The number of nitrogens with one attached hydrogen (secondary N) is 1. The lowest BCUT2D eigenvalue weighted by Crippen LogP contribution is -2.39. The molecule has 4 heterocycles. The zero-order valence-electron chi connectivity index (χ0n) is 17.9. The van der Waals surface area contributed by atoms with Crippen molar-refractivity contribution in [2.45, 2.75) is 17.6 Å². The van der Waals surface area contributed by atoms with E-state index in [2.05, 4.69) is 33.2 Å². The third-order valence-electron chi connectivity index (χ3n) is 5.56. The summed E-state index contributed by atoms with van der Waals surface area (Å²) in [4.78, 5) is 34.5. The number of anilines is 1. The Hall–Kier alpha value is -2.88. The minimum Gasteiger partial charge on any atom is -0.329 e. The second-order valence-electron chi connectivity index (χ2n) is 7.70. The van der Waals surface area contributed by atoms with Crippen molar-refractivity contribution in [3.8, 4) is 0 Å². The van der Waals surface area contributed by atoms with Crippen LogP contribution in [0.2, 0.25) is 0 Å². The normalized spacial score (nSPS) is 15.3. The number of fused-ring (bicyclic) bond motifs is 1. The molecule has 1 N–H and O–H groups in total. The average molecular weight is 495 g/mol.